The Morgan fingerprint density at radius 1 is 0.943 bits per heavy atom. The lowest BCUT2D eigenvalue weighted by molar-refractivity contribution is -0.119. The van der Waals surface area contributed by atoms with E-state index in [1.165, 1.54) is 11.1 Å². The molecule has 0 bridgehead atoms. The highest BCUT2D eigenvalue weighted by molar-refractivity contribution is 7.99. The van der Waals surface area contributed by atoms with Gasteiger partial charge in [0.1, 0.15) is 12.4 Å². The Kier molecular flexibility index (Phi) is 6.87. The number of fused-ring (bicyclic) bond motifs is 2. The lowest BCUT2D eigenvalue weighted by Gasteiger charge is -2.33. The molecule has 6 heteroatoms. The minimum absolute atomic E-state index is 0.0574. The summed E-state index contributed by atoms with van der Waals surface area (Å²) in [6, 6.07) is 22.2. The summed E-state index contributed by atoms with van der Waals surface area (Å²) in [6.45, 7) is 6.17. The SMILES string of the molecule is Cc1ccc(OC[C@@]2(O)CCCN(CC(=O)N3c4ccccc4Sc4ccccc43)CC2)cc1C. The third kappa shape index (κ3) is 5.25. The predicted octanol–water partition coefficient (Wildman–Crippen LogP) is 5.73. The van der Waals surface area contributed by atoms with E-state index in [0.717, 1.165) is 39.9 Å². The number of amides is 1. The molecular weight excluding hydrogens is 456 g/mol. The van der Waals surface area contributed by atoms with Crippen molar-refractivity contribution in [2.75, 3.05) is 31.1 Å². The van der Waals surface area contributed by atoms with E-state index in [1.807, 2.05) is 59.5 Å². The van der Waals surface area contributed by atoms with Crippen LogP contribution in [0.4, 0.5) is 11.4 Å². The van der Waals surface area contributed by atoms with Crippen molar-refractivity contribution in [1.82, 2.24) is 4.90 Å². The smallest absolute Gasteiger partial charge is 0.245 e. The van der Waals surface area contributed by atoms with Gasteiger partial charge in [-0.2, -0.15) is 0 Å². The second-order valence-corrected chi connectivity index (χ2v) is 10.7. The van der Waals surface area contributed by atoms with Gasteiger partial charge in [0.15, 0.2) is 0 Å². The summed E-state index contributed by atoms with van der Waals surface area (Å²) < 4.78 is 5.98. The van der Waals surface area contributed by atoms with Crippen molar-refractivity contribution in [1.29, 1.82) is 0 Å². The summed E-state index contributed by atoms with van der Waals surface area (Å²) in [5, 5.41) is 11.2. The average Bonchev–Trinajstić information content (AvgIpc) is 3.04. The Labute approximate surface area is 211 Å². The third-order valence-electron chi connectivity index (χ3n) is 7.04. The fourth-order valence-electron chi connectivity index (χ4n) is 4.79. The molecule has 2 aliphatic heterocycles. The Morgan fingerprint density at radius 3 is 2.31 bits per heavy atom. The highest BCUT2D eigenvalue weighted by Gasteiger charge is 2.33. The summed E-state index contributed by atoms with van der Waals surface area (Å²) in [6.07, 6.45) is 2.06. The minimum Gasteiger partial charge on any atom is -0.491 e. The molecule has 1 saturated heterocycles. The van der Waals surface area contributed by atoms with Gasteiger partial charge in [-0.1, -0.05) is 42.1 Å². The lowest BCUT2D eigenvalue weighted by atomic mass is 9.96. The summed E-state index contributed by atoms with van der Waals surface area (Å²) >= 11 is 1.70. The van der Waals surface area contributed by atoms with E-state index in [2.05, 4.69) is 30.9 Å². The van der Waals surface area contributed by atoms with Gasteiger partial charge in [0.05, 0.1) is 23.5 Å². The molecule has 3 aromatic carbocycles. The second-order valence-electron chi connectivity index (χ2n) is 9.66. The van der Waals surface area contributed by atoms with Crippen molar-refractivity contribution in [2.45, 2.75) is 48.5 Å². The van der Waals surface area contributed by atoms with Gasteiger partial charge in [0.25, 0.3) is 0 Å². The van der Waals surface area contributed by atoms with Gasteiger partial charge in [-0.05, 0) is 87.2 Å². The number of rotatable bonds is 5. The Hall–Kier alpha value is -2.80. The molecule has 2 aliphatic rings. The van der Waals surface area contributed by atoms with Crippen molar-refractivity contribution in [3.8, 4) is 5.75 Å². The molecule has 0 spiro atoms. The zero-order valence-corrected chi connectivity index (χ0v) is 21.2. The van der Waals surface area contributed by atoms with Crippen LogP contribution in [0.2, 0.25) is 0 Å². The molecule has 182 valence electrons. The van der Waals surface area contributed by atoms with Crippen LogP contribution < -0.4 is 9.64 Å². The average molecular weight is 489 g/mol. The van der Waals surface area contributed by atoms with Gasteiger partial charge < -0.3 is 9.84 Å². The number of anilines is 2. The van der Waals surface area contributed by atoms with Crippen LogP contribution in [-0.2, 0) is 4.79 Å². The molecule has 1 amide bonds. The number of hydrogen-bond donors (Lipinski definition) is 1. The van der Waals surface area contributed by atoms with Crippen molar-refractivity contribution in [2.24, 2.45) is 0 Å². The molecule has 5 nitrogen and oxygen atoms in total. The number of aliphatic hydroxyl groups is 1. The van der Waals surface area contributed by atoms with Crippen molar-refractivity contribution >= 4 is 29.0 Å². The van der Waals surface area contributed by atoms with Gasteiger partial charge in [-0.15, -0.1) is 0 Å². The molecule has 0 aliphatic carbocycles. The molecule has 0 radical (unpaired) electrons. The molecular formula is C29H32N2O3S. The maximum Gasteiger partial charge on any atom is 0.245 e. The van der Waals surface area contributed by atoms with Crippen LogP contribution in [0.5, 0.6) is 5.75 Å². The molecule has 1 N–H and O–H groups in total. The molecule has 0 unspecified atom stereocenters. The topological polar surface area (TPSA) is 53.0 Å². The summed E-state index contributed by atoms with van der Waals surface area (Å²) in [7, 11) is 0. The lowest BCUT2D eigenvalue weighted by Crippen LogP contribution is -2.41. The van der Waals surface area contributed by atoms with E-state index in [1.54, 1.807) is 11.8 Å². The first-order chi connectivity index (χ1) is 16.9. The molecule has 1 atom stereocenters. The minimum atomic E-state index is -0.891. The molecule has 1 fully saturated rings. The van der Waals surface area contributed by atoms with Crippen LogP contribution >= 0.6 is 11.8 Å². The third-order valence-corrected chi connectivity index (χ3v) is 8.17. The monoisotopic (exact) mass is 488 g/mol. The largest absolute Gasteiger partial charge is 0.491 e. The number of ether oxygens (including phenoxy) is 1. The first kappa shape index (κ1) is 23.9. The molecule has 5 rings (SSSR count). The quantitative estimate of drug-likeness (QED) is 0.497. The van der Waals surface area contributed by atoms with Gasteiger partial charge in [0, 0.05) is 16.3 Å². The maximum absolute atomic E-state index is 13.6. The van der Waals surface area contributed by atoms with Crippen LogP contribution in [-0.4, -0.2) is 47.8 Å². The van der Waals surface area contributed by atoms with Gasteiger partial charge in [-0.3, -0.25) is 14.6 Å². The first-order valence-electron chi connectivity index (χ1n) is 12.3. The van der Waals surface area contributed by atoms with Crippen LogP contribution in [0, 0.1) is 13.8 Å². The van der Waals surface area contributed by atoms with E-state index in [4.69, 9.17) is 4.74 Å². The Bertz CT molecular complexity index is 1180. The molecule has 0 saturated carbocycles. The fraction of sp³-hybridized carbons (Fsp3) is 0.345. The molecule has 0 aromatic heterocycles. The number of carbonyl (C=O) groups excluding carboxylic acids is 1. The van der Waals surface area contributed by atoms with E-state index in [-0.39, 0.29) is 12.5 Å². The standard InChI is InChI=1S/C29H32N2O3S/c1-21-12-13-23(18-22(21)2)34-20-29(33)14-7-16-30(17-15-29)19-28(32)31-24-8-3-5-10-26(24)35-27-11-6-4-9-25(27)31/h3-6,8-13,18,33H,7,14-17,19-20H2,1-2H3/t29-/m1/s1. The van der Waals surface area contributed by atoms with Gasteiger partial charge >= 0.3 is 0 Å². The van der Waals surface area contributed by atoms with Crippen molar-refractivity contribution in [3.63, 3.8) is 0 Å². The zero-order valence-electron chi connectivity index (χ0n) is 20.4. The molecule has 35 heavy (non-hydrogen) atoms. The van der Waals surface area contributed by atoms with Crippen LogP contribution in [0.3, 0.4) is 0 Å². The van der Waals surface area contributed by atoms with Crippen LogP contribution in [0.25, 0.3) is 0 Å². The number of hydrogen-bond acceptors (Lipinski definition) is 5. The number of aryl methyl sites for hydroxylation is 2. The highest BCUT2D eigenvalue weighted by atomic mass is 32.2. The molecule has 3 aromatic rings. The highest BCUT2D eigenvalue weighted by Crippen LogP contribution is 2.47. The van der Waals surface area contributed by atoms with Gasteiger partial charge in [-0.25, -0.2) is 0 Å². The van der Waals surface area contributed by atoms with Crippen LogP contribution in [0.15, 0.2) is 76.5 Å². The number of carbonyl (C=O) groups is 1. The number of benzene rings is 3. The van der Waals surface area contributed by atoms with E-state index >= 15 is 0 Å². The second kappa shape index (κ2) is 10.1. The first-order valence-corrected chi connectivity index (χ1v) is 13.1. The summed E-state index contributed by atoms with van der Waals surface area (Å²) in [5.41, 5.74) is 3.39. The van der Waals surface area contributed by atoms with Gasteiger partial charge in [0.2, 0.25) is 5.91 Å². The van der Waals surface area contributed by atoms with E-state index in [0.29, 0.717) is 25.9 Å². The zero-order chi connectivity index (χ0) is 24.4. The predicted molar refractivity (Wildman–Crippen MR) is 141 cm³/mol. The Morgan fingerprint density at radius 2 is 1.63 bits per heavy atom. The van der Waals surface area contributed by atoms with Crippen LogP contribution in [0.1, 0.15) is 30.4 Å². The van der Waals surface area contributed by atoms with Crippen molar-refractivity contribution < 1.29 is 14.6 Å². The summed E-state index contributed by atoms with van der Waals surface area (Å²) in [4.78, 5) is 19.8. The number of nitrogens with zero attached hydrogens (tertiary/aromatic N) is 2. The fourth-order valence-corrected chi connectivity index (χ4v) is 5.85. The number of likely N-dealkylation sites (tertiary alicyclic amines) is 1. The Balaban J connectivity index is 1.25. The summed E-state index contributed by atoms with van der Waals surface area (Å²) in [5.74, 6) is 0.847. The normalized spacial score (nSPS) is 20.0. The molecule has 2 heterocycles. The van der Waals surface area contributed by atoms with E-state index in [9.17, 15) is 9.90 Å². The maximum atomic E-state index is 13.6. The van der Waals surface area contributed by atoms with E-state index < -0.39 is 5.60 Å². The van der Waals surface area contributed by atoms with Crippen molar-refractivity contribution in [3.05, 3.63) is 77.9 Å². The number of para-hydroxylation sites is 2.